The number of carbonyl (C=O) groups is 2. The van der Waals surface area contributed by atoms with Gasteiger partial charge in [-0.1, -0.05) is 35.5 Å². The first-order valence-corrected chi connectivity index (χ1v) is 9.67. The molecule has 150 valence electrons. The van der Waals surface area contributed by atoms with E-state index in [0.29, 0.717) is 30.9 Å². The zero-order valence-corrected chi connectivity index (χ0v) is 15.9. The number of nitrogens with zero attached hydrogens (tertiary/aromatic N) is 2. The molecule has 0 saturated carbocycles. The number of piperidine rings is 1. The molecule has 2 aliphatic heterocycles. The van der Waals surface area contributed by atoms with Gasteiger partial charge >= 0.3 is 0 Å². The lowest BCUT2D eigenvalue weighted by atomic mass is 9.87. The lowest BCUT2D eigenvalue weighted by Crippen LogP contribution is -2.51. The molecule has 29 heavy (non-hydrogen) atoms. The van der Waals surface area contributed by atoms with Crippen molar-refractivity contribution in [3.05, 3.63) is 66.0 Å². The first-order valence-electron chi connectivity index (χ1n) is 9.67. The van der Waals surface area contributed by atoms with E-state index in [1.807, 2.05) is 18.2 Å². The Kier molecular flexibility index (Phi) is 5.29. The molecule has 4 rings (SSSR count). The molecule has 2 amide bonds. The summed E-state index contributed by atoms with van der Waals surface area (Å²) in [5, 5.41) is 6.84. The Morgan fingerprint density at radius 3 is 2.66 bits per heavy atom. The molecule has 2 aromatic rings. The molecule has 2 aromatic carbocycles. The number of hydrogen-bond donors (Lipinski definition) is 1. The maximum atomic E-state index is 13.1. The molecule has 1 fully saturated rings. The van der Waals surface area contributed by atoms with E-state index in [1.54, 1.807) is 29.2 Å². The van der Waals surface area contributed by atoms with Crippen LogP contribution < -0.4 is 5.32 Å². The van der Waals surface area contributed by atoms with Crippen molar-refractivity contribution in [2.75, 3.05) is 18.4 Å². The molecule has 1 spiro atoms. The van der Waals surface area contributed by atoms with Crippen molar-refractivity contribution >= 4 is 23.2 Å². The molecule has 2 heterocycles. The van der Waals surface area contributed by atoms with E-state index in [2.05, 4.69) is 10.5 Å². The Morgan fingerprint density at radius 2 is 1.90 bits per heavy atom. The number of carbonyl (C=O) groups excluding carboxylic acids is 2. The maximum absolute atomic E-state index is 13.1. The molecule has 0 bridgehead atoms. The quantitative estimate of drug-likeness (QED) is 0.865. The van der Waals surface area contributed by atoms with E-state index in [-0.39, 0.29) is 24.1 Å². The predicted molar refractivity (Wildman–Crippen MR) is 107 cm³/mol. The highest BCUT2D eigenvalue weighted by Gasteiger charge is 2.45. The summed E-state index contributed by atoms with van der Waals surface area (Å²) in [4.78, 5) is 32.6. The SMILES string of the molecule is O=C(Nc1ccccc1)C1=NO[C@]2(CCCN(C(=O)Cc3ccc(F)cc3)C2)C1. The van der Waals surface area contributed by atoms with Gasteiger partial charge in [0.05, 0.1) is 13.0 Å². The first kappa shape index (κ1) is 19.1. The highest BCUT2D eigenvalue weighted by atomic mass is 19.1. The summed E-state index contributed by atoms with van der Waals surface area (Å²) in [6.07, 6.45) is 2.09. The van der Waals surface area contributed by atoms with E-state index in [9.17, 15) is 14.0 Å². The van der Waals surface area contributed by atoms with Crippen molar-refractivity contribution in [3.8, 4) is 0 Å². The molecule has 7 heteroatoms. The highest BCUT2D eigenvalue weighted by molar-refractivity contribution is 6.43. The van der Waals surface area contributed by atoms with Crippen LogP contribution in [0, 0.1) is 5.82 Å². The van der Waals surface area contributed by atoms with Gasteiger partial charge in [0.1, 0.15) is 11.5 Å². The van der Waals surface area contributed by atoms with Crippen LogP contribution in [-0.2, 0) is 20.8 Å². The Morgan fingerprint density at radius 1 is 1.14 bits per heavy atom. The number of anilines is 1. The van der Waals surface area contributed by atoms with Gasteiger partial charge in [0.15, 0.2) is 5.60 Å². The van der Waals surface area contributed by atoms with Crippen LogP contribution in [0.4, 0.5) is 10.1 Å². The molecule has 0 aromatic heterocycles. The second kappa shape index (κ2) is 8.03. The Balaban J connectivity index is 1.36. The van der Waals surface area contributed by atoms with Crippen molar-refractivity contribution in [2.45, 2.75) is 31.3 Å². The fourth-order valence-corrected chi connectivity index (χ4v) is 3.79. The van der Waals surface area contributed by atoms with Crippen molar-refractivity contribution in [3.63, 3.8) is 0 Å². The van der Waals surface area contributed by atoms with Crippen LogP contribution in [-0.4, -0.2) is 41.1 Å². The van der Waals surface area contributed by atoms with Crippen LogP contribution in [0.3, 0.4) is 0 Å². The number of hydrogen-bond acceptors (Lipinski definition) is 4. The number of nitrogens with one attached hydrogen (secondary N) is 1. The third-order valence-corrected chi connectivity index (χ3v) is 5.29. The summed E-state index contributed by atoms with van der Waals surface area (Å²) in [6.45, 7) is 1.02. The molecule has 6 nitrogen and oxygen atoms in total. The summed E-state index contributed by atoms with van der Waals surface area (Å²) >= 11 is 0. The normalized spacial score (nSPS) is 20.9. The molecule has 1 atom stereocenters. The van der Waals surface area contributed by atoms with Gasteiger partial charge in [0, 0.05) is 18.7 Å². The van der Waals surface area contributed by atoms with Crippen molar-refractivity contribution < 1.29 is 18.8 Å². The molecular formula is C22H22FN3O3. The molecule has 2 aliphatic rings. The molecular weight excluding hydrogens is 373 g/mol. The number of rotatable bonds is 4. The number of likely N-dealkylation sites (tertiary alicyclic amines) is 1. The summed E-state index contributed by atoms with van der Waals surface area (Å²) in [5.74, 6) is -0.653. The second-order valence-corrected chi connectivity index (χ2v) is 7.53. The zero-order valence-electron chi connectivity index (χ0n) is 15.9. The summed E-state index contributed by atoms with van der Waals surface area (Å²) in [7, 11) is 0. The minimum Gasteiger partial charge on any atom is -0.386 e. The number of halogens is 1. The van der Waals surface area contributed by atoms with Gasteiger partial charge in [-0.25, -0.2) is 4.39 Å². The number of amides is 2. The largest absolute Gasteiger partial charge is 0.386 e. The number of para-hydroxylation sites is 1. The fourth-order valence-electron chi connectivity index (χ4n) is 3.79. The van der Waals surface area contributed by atoms with Crippen molar-refractivity contribution in [1.82, 2.24) is 4.90 Å². The van der Waals surface area contributed by atoms with E-state index in [0.717, 1.165) is 18.4 Å². The van der Waals surface area contributed by atoms with Gasteiger partial charge in [0.25, 0.3) is 5.91 Å². The van der Waals surface area contributed by atoms with Crippen LogP contribution in [0.25, 0.3) is 0 Å². The standard InChI is InChI=1S/C22H22FN3O3/c23-17-9-7-16(8-10-17)13-20(27)26-12-4-11-22(15-26)14-19(25-29-22)21(28)24-18-5-2-1-3-6-18/h1-3,5-10H,4,11-15H2,(H,24,28)/t22-/m1/s1. The Hall–Kier alpha value is -3.22. The topological polar surface area (TPSA) is 71.0 Å². The first-order chi connectivity index (χ1) is 14.0. The van der Waals surface area contributed by atoms with Gasteiger partial charge in [-0.3, -0.25) is 9.59 Å². The molecule has 0 aliphatic carbocycles. The predicted octanol–water partition coefficient (Wildman–Crippen LogP) is 3.14. The minimum absolute atomic E-state index is 0.0403. The van der Waals surface area contributed by atoms with E-state index in [4.69, 9.17) is 4.84 Å². The van der Waals surface area contributed by atoms with Crippen LogP contribution in [0.1, 0.15) is 24.8 Å². The zero-order chi connectivity index (χ0) is 20.3. The van der Waals surface area contributed by atoms with Gasteiger partial charge < -0.3 is 15.1 Å². The van der Waals surface area contributed by atoms with Crippen LogP contribution in [0.5, 0.6) is 0 Å². The minimum atomic E-state index is -0.653. The lowest BCUT2D eigenvalue weighted by Gasteiger charge is -2.38. The molecule has 1 saturated heterocycles. The van der Waals surface area contributed by atoms with E-state index in [1.165, 1.54) is 12.1 Å². The third kappa shape index (κ3) is 4.45. The van der Waals surface area contributed by atoms with Gasteiger partial charge in [0.2, 0.25) is 5.91 Å². The Bertz CT molecular complexity index is 930. The number of oxime groups is 1. The van der Waals surface area contributed by atoms with Crippen molar-refractivity contribution in [2.24, 2.45) is 5.16 Å². The van der Waals surface area contributed by atoms with Crippen LogP contribution in [0.2, 0.25) is 0 Å². The monoisotopic (exact) mass is 395 g/mol. The van der Waals surface area contributed by atoms with Gasteiger partial charge in [-0.05, 0) is 42.7 Å². The lowest BCUT2D eigenvalue weighted by molar-refractivity contribution is -0.139. The summed E-state index contributed by atoms with van der Waals surface area (Å²) in [6, 6.07) is 15.1. The maximum Gasteiger partial charge on any atom is 0.273 e. The van der Waals surface area contributed by atoms with Gasteiger partial charge in [-0.15, -0.1) is 0 Å². The summed E-state index contributed by atoms with van der Waals surface area (Å²) in [5.41, 5.74) is 1.14. The molecule has 0 unspecified atom stereocenters. The Labute approximate surface area is 168 Å². The fraction of sp³-hybridized carbons (Fsp3) is 0.318. The second-order valence-electron chi connectivity index (χ2n) is 7.53. The van der Waals surface area contributed by atoms with Crippen LogP contribution in [0.15, 0.2) is 59.8 Å². The highest BCUT2D eigenvalue weighted by Crippen LogP contribution is 2.34. The van der Waals surface area contributed by atoms with E-state index < -0.39 is 5.60 Å². The van der Waals surface area contributed by atoms with Crippen LogP contribution >= 0.6 is 0 Å². The van der Waals surface area contributed by atoms with E-state index >= 15 is 0 Å². The third-order valence-electron chi connectivity index (χ3n) is 5.29. The molecule has 0 radical (unpaired) electrons. The van der Waals surface area contributed by atoms with Gasteiger partial charge in [-0.2, -0.15) is 0 Å². The smallest absolute Gasteiger partial charge is 0.273 e. The average Bonchev–Trinajstić information content (AvgIpc) is 3.14. The average molecular weight is 395 g/mol. The number of benzene rings is 2. The molecule has 1 N–H and O–H groups in total. The van der Waals surface area contributed by atoms with Crippen molar-refractivity contribution in [1.29, 1.82) is 0 Å². The summed E-state index contributed by atoms with van der Waals surface area (Å²) < 4.78 is 13.1.